The van der Waals surface area contributed by atoms with Gasteiger partial charge in [0.25, 0.3) is 0 Å². The molecule has 164 valence electrons. The molecule has 6 nitrogen and oxygen atoms in total. The van der Waals surface area contributed by atoms with Crippen molar-refractivity contribution in [1.82, 2.24) is 0 Å². The number of rotatable bonds is 4. The standard InChI is InChI=1S/C21H21BrFN3O3S2/c1-12-3-4-13(2)16(7-12)24-20(27)9-30-21-25-17-10-31(28,29)11-19(17)26(21)18-6-5-14(22)8-15(18)23/h3-8,17,19H,9-11H2,1-2H3,(H,24,27)/t17-,19+/m0/s1. The van der Waals surface area contributed by atoms with Crippen LogP contribution in [0.2, 0.25) is 0 Å². The Morgan fingerprint density at radius 3 is 2.77 bits per heavy atom. The number of benzene rings is 2. The molecule has 2 aromatic rings. The number of hydrogen-bond acceptors (Lipinski definition) is 6. The zero-order valence-corrected chi connectivity index (χ0v) is 20.2. The summed E-state index contributed by atoms with van der Waals surface area (Å²) in [6, 6.07) is 9.53. The van der Waals surface area contributed by atoms with E-state index in [0.717, 1.165) is 16.8 Å². The van der Waals surface area contributed by atoms with Crippen molar-refractivity contribution in [3.05, 3.63) is 57.8 Å². The zero-order chi connectivity index (χ0) is 22.3. The third kappa shape index (κ3) is 4.80. The van der Waals surface area contributed by atoms with Crippen molar-refractivity contribution in [2.24, 2.45) is 4.99 Å². The van der Waals surface area contributed by atoms with Gasteiger partial charge in [-0.05, 0) is 49.2 Å². The molecule has 2 atom stereocenters. The highest BCUT2D eigenvalue weighted by atomic mass is 79.9. The van der Waals surface area contributed by atoms with E-state index < -0.39 is 27.7 Å². The molecular weight excluding hydrogens is 505 g/mol. The number of anilines is 2. The van der Waals surface area contributed by atoms with Crippen LogP contribution in [0.4, 0.5) is 15.8 Å². The summed E-state index contributed by atoms with van der Waals surface area (Å²) in [6.45, 7) is 3.87. The summed E-state index contributed by atoms with van der Waals surface area (Å²) < 4.78 is 39.6. The molecule has 0 radical (unpaired) electrons. The van der Waals surface area contributed by atoms with Gasteiger partial charge in [0.15, 0.2) is 15.0 Å². The lowest BCUT2D eigenvalue weighted by Gasteiger charge is -2.26. The fourth-order valence-corrected chi connectivity index (χ4v) is 6.87. The lowest BCUT2D eigenvalue weighted by molar-refractivity contribution is -0.113. The maximum Gasteiger partial charge on any atom is 0.234 e. The Bertz CT molecular complexity index is 1190. The monoisotopic (exact) mass is 525 g/mol. The second kappa shape index (κ2) is 8.55. The number of halogens is 2. The van der Waals surface area contributed by atoms with Crippen molar-refractivity contribution in [2.75, 3.05) is 27.5 Å². The smallest absolute Gasteiger partial charge is 0.234 e. The van der Waals surface area contributed by atoms with E-state index in [1.807, 2.05) is 32.0 Å². The summed E-state index contributed by atoms with van der Waals surface area (Å²) in [5.41, 5.74) is 3.01. The molecule has 0 saturated carbocycles. The number of aliphatic imine (C=N–C) groups is 1. The van der Waals surface area contributed by atoms with Gasteiger partial charge in [-0.3, -0.25) is 9.79 Å². The van der Waals surface area contributed by atoms with E-state index >= 15 is 0 Å². The molecule has 1 amide bonds. The minimum Gasteiger partial charge on any atom is -0.325 e. The van der Waals surface area contributed by atoms with Gasteiger partial charge in [-0.1, -0.05) is 39.8 Å². The predicted octanol–water partition coefficient (Wildman–Crippen LogP) is 3.92. The summed E-state index contributed by atoms with van der Waals surface area (Å²) in [5.74, 6) is -0.761. The van der Waals surface area contributed by atoms with Crippen LogP contribution in [0.3, 0.4) is 0 Å². The molecule has 2 aromatic carbocycles. The minimum atomic E-state index is -3.24. The van der Waals surface area contributed by atoms with Crippen LogP contribution in [0.15, 0.2) is 45.9 Å². The van der Waals surface area contributed by atoms with Gasteiger partial charge in [0.2, 0.25) is 5.91 Å². The fraction of sp³-hybridized carbons (Fsp3) is 0.333. The second-order valence-corrected chi connectivity index (χ2v) is 11.8. The normalized spacial score (nSPS) is 21.7. The van der Waals surface area contributed by atoms with Crippen LogP contribution in [-0.4, -0.2) is 48.8 Å². The van der Waals surface area contributed by atoms with Gasteiger partial charge in [0.1, 0.15) is 5.82 Å². The molecule has 1 N–H and O–H groups in total. The van der Waals surface area contributed by atoms with E-state index in [0.29, 0.717) is 9.64 Å². The highest BCUT2D eigenvalue weighted by Crippen LogP contribution is 2.37. The van der Waals surface area contributed by atoms with Crippen LogP contribution < -0.4 is 10.2 Å². The van der Waals surface area contributed by atoms with Gasteiger partial charge >= 0.3 is 0 Å². The first-order valence-electron chi connectivity index (χ1n) is 9.65. The average Bonchev–Trinajstić information content (AvgIpc) is 3.14. The molecule has 0 unspecified atom stereocenters. The van der Waals surface area contributed by atoms with E-state index in [1.54, 1.807) is 17.0 Å². The molecule has 2 aliphatic heterocycles. The van der Waals surface area contributed by atoms with Gasteiger partial charge < -0.3 is 10.2 Å². The number of nitrogens with one attached hydrogen (secondary N) is 1. The topological polar surface area (TPSA) is 78.8 Å². The number of hydrogen-bond donors (Lipinski definition) is 1. The lowest BCUT2D eigenvalue weighted by atomic mass is 10.1. The van der Waals surface area contributed by atoms with E-state index in [4.69, 9.17) is 0 Å². The Kier molecular flexibility index (Phi) is 6.15. The summed E-state index contributed by atoms with van der Waals surface area (Å²) in [7, 11) is -3.24. The molecule has 0 bridgehead atoms. The van der Waals surface area contributed by atoms with Crippen LogP contribution in [-0.2, 0) is 14.6 Å². The molecule has 0 aliphatic carbocycles. The minimum absolute atomic E-state index is 0.0644. The van der Waals surface area contributed by atoms with Crippen LogP contribution in [0.25, 0.3) is 0 Å². The van der Waals surface area contributed by atoms with Crippen molar-refractivity contribution < 1.29 is 17.6 Å². The first-order chi connectivity index (χ1) is 14.6. The molecule has 1 fully saturated rings. The van der Waals surface area contributed by atoms with Crippen molar-refractivity contribution in [1.29, 1.82) is 0 Å². The molecule has 0 aromatic heterocycles. The summed E-state index contributed by atoms with van der Waals surface area (Å²) in [4.78, 5) is 18.7. The zero-order valence-electron chi connectivity index (χ0n) is 16.9. The maximum absolute atomic E-state index is 14.7. The Balaban J connectivity index is 1.54. The SMILES string of the molecule is Cc1ccc(C)c(NC(=O)CSC2=N[C@H]3CS(=O)(=O)C[C@H]3N2c2ccc(Br)cc2F)c1. The Labute approximate surface area is 193 Å². The molecule has 10 heteroatoms. The fourth-order valence-electron chi connectivity index (χ4n) is 3.78. The summed E-state index contributed by atoms with van der Waals surface area (Å²) in [6.07, 6.45) is 0. The van der Waals surface area contributed by atoms with Crippen molar-refractivity contribution >= 4 is 60.0 Å². The highest BCUT2D eigenvalue weighted by molar-refractivity contribution is 9.10. The largest absolute Gasteiger partial charge is 0.325 e. The lowest BCUT2D eigenvalue weighted by Crippen LogP contribution is -2.40. The third-order valence-electron chi connectivity index (χ3n) is 5.28. The highest BCUT2D eigenvalue weighted by Gasteiger charge is 2.47. The predicted molar refractivity (Wildman–Crippen MR) is 127 cm³/mol. The number of nitrogens with zero attached hydrogens (tertiary/aromatic N) is 2. The molecule has 2 heterocycles. The quantitative estimate of drug-likeness (QED) is 0.654. The number of thioether (sulfide) groups is 1. The van der Waals surface area contributed by atoms with E-state index in [9.17, 15) is 17.6 Å². The molecule has 1 saturated heterocycles. The number of carbonyl (C=O) groups is 1. The summed E-state index contributed by atoms with van der Waals surface area (Å²) in [5, 5.41) is 3.36. The summed E-state index contributed by atoms with van der Waals surface area (Å²) >= 11 is 4.43. The van der Waals surface area contributed by atoms with Crippen LogP contribution in [0.5, 0.6) is 0 Å². The Hall–Kier alpha value is -1.91. The van der Waals surface area contributed by atoms with Crippen LogP contribution >= 0.6 is 27.7 Å². The molecule has 31 heavy (non-hydrogen) atoms. The number of fused-ring (bicyclic) bond motifs is 1. The first-order valence-corrected chi connectivity index (χ1v) is 13.3. The van der Waals surface area contributed by atoms with Gasteiger partial charge in [-0.15, -0.1) is 0 Å². The average molecular weight is 526 g/mol. The first kappa shape index (κ1) is 22.3. The van der Waals surface area contributed by atoms with E-state index in [-0.39, 0.29) is 28.9 Å². The molecular formula is C21H21BrFN3O3S2. The Morgan fingerprint density at radius 2 is 2.03 bits per heavy atom. The van der Waals surface area contributed by atoms with E-state index in [1.165, 1.54) is 17.8 Å². The van der Waals surface area contributed by atoms with Gasteiger partial charge in [0, 0.05) is 10.2 Å². The van der Waals surface area contributed by atoms with Crippen molar-refractivity contribution in [2.45, 2.75) is 25.9 Å². The maximum atomic E-state index is 14.7. The van der Waals surface area contributed by atoms with Gasteiger partial charge in [0.05, 0.1) is 35.0 Å². The van der Waals surface area contributed by atoms with Crippen molar-refractivity contribution in [3.63, 3.8) is 0 Å². The number of carbonyl (C=O) groups excluding carboxylic acids is 1. The number of sulfone groups is 1. The third-order valence-corrected chi connectivity index (χ3v) is 8.44. The van der Waals surface area contributed by atoms with E-state index in [2.05, 4.69) is 26.2 Å². The number of aryl methyl sites for hydroxylation is 2. The van der Waals surface area contributed by atoms with Crippen LogP contribution in [0.1, 0.15) is 11.1 Å². The van der Waals surface area contributed by atoms with Gasteiger partial charge in [-0.2, -0.15) is 0 Å². The van der Waals surface area contributed by atoms with Gasteiger partial charge in [-0.25, -0.2) is 12.8 Å². The number of amidine groups is 1. The molecule has 0 spiro atoms. The molecule has 4 rings (SSSR count). The Morgan fingerprint density at radius 1 is 1.26 bits per heavy atom. The van der Waals surface area contributed by atoms with Crippen molar-refractivity contribution in [3.8, 4) is 0 Å². The number of amides is 1. The molecule has 2 aliphatic rings. The van der Waals surface area contributed by atoms with Crippen LogP contribution in [0, 0.1) is 19.7 Å². The second-order valence-electron chi connectivity index (χ2n) is 7.74.